The lowest BCUT2D eigenvalue weighted by atomic mass is 10.0. The highest BCUT2D eigenvalue weighted by Gasteiger charge is 2.18. The molecule has 8 nitrogen and oxygen atoms in total. The van der Waals surface area contributed by atoms with E-state index in [1.807, 2.05) is 36.7 Å². The summed E-state index contributed by atoms with van der Waals surface area (Å²) in [6.07, 6.45) is 5.14. The number of nitrogens with zero attached hydrogens (tertiary/aromatic N) is 4. The minimum atomic E-state index is 0.0992. The summed E-state index contributed by atoms with van der Waals surface area (Å²) in [5.41, 5.74) is 2.00. The van der Waals surface area contributed by atoms with E-state index in [4.69, 9.17) is 0 Å². The molecule has 4 N–H and O–H groups in total. The van der Waals surface area contributed by atoms with Crippen molar-refractivity contribution in [3.05, 3.63) is 59.7 Å². The smallest absolute Gasteiger partial charge is 0.149 e. The SMILES string of the molecule is Cc1c(N=CCCN2CCN(CCC=Nc3c(C)c(O)c4ccccc4c3O)CC2)c(O)c2ccccc2c1O. The summed E-state index contributed by atoms with van der Waals surface area (Å²) in [7, 11) is 0. The lowest BCUT2D eigenvalue weighted by Crippen LogP contribution is -2.46. The molecule has 208 valence electrons. The maximum Gasteiger partial charge on any atom is 0.149 e. The second kappa shape index (κ2) is 11.9. The Morgan fingerprint density at radius 1 is 0.575 bits per heavy atom. The van der Waals surface area contributed by atoms with Gasteiger partial charge < -0.3 is 30.2 Å². The fourth-order valence-electron chi connectivity index (χ4n) is 5.38. The Morgan fingerprint density at radius 2 is 0.900 bits per heavy atom. The van der Waals surface area contributed by atoms with Gasteiger partial charge in [0.25, 0.3) is 0 Å². The lowest BCUT2D eigenvalue weighted by Gasteiger charge is -2.34. The predicted octanol–water partition coefficient (Wildman–Crippen LogP) is 5.93. The molecule has 0 aromatic heterocycles. The van der Waals surface area contributed by atoms with Gasteiger partial charge in [0.05, 0.1) is 0 Å². The van der Waals surface area contributed by atoms with E-state index in [0.29, 0.717) is 44.0 Å². The molecule has 40 heavy (non-hydrogen) atoms. The predicted molar refractivity (Wildman–Crippen MR) is 162 cm³/mol. The molecule has 0 bridgehead atoms. The van der Waals surface area contributed by atoms with Gasteiger partial charge in [-0.25, -0.2) is 0 Å². The van der Waals surface area contributed by atoms with Crippen molar-refractivity contribution >= 4 is 45.3 Å². The molecule has 0 radical (unpaired) electrons. The van der Waals surface area contributed by atoms with Gasteiger partial charge in [0, 0.05) is 84.4 Å². The van der Waals surface area contributed by atoms with Crippen LogP contribution >= 0.6 is 0 Å². The zero-order valence-corrected chi connectivity index (χ0v) is 23.0. The summed E-state index contributed by atoms with van der Waals surface area (Å²) in [6, 6.07) is 14.5. The number of hydrogen-bond acceptors (Lipinski definition) is 8. The van der Waals surface area contributed by atoms with Crippen LogP contribution in [-0.2, 0) is 0 Å². The fraction of sp³-hybridized carbons (Fsp3) is 0.312. The summed E-state index contributed by atoms with van der Waals surface area (Å²) in [5, 5.41) is 44.9. The van der Waals surface area contributed by atoms with Crippen LogP contribution in [0.1, 0.15) is 24.0 Å². The topological polar surface area (TPSA) is 112 Å². The number of fused-ring (bicyclic) bond motifs is 2. The van der Waals surface area contributed by atoms with Crippen LogP contribution < -0.4 is 0 Å². The maximum atomic E-state index is 10.7. The molecule has 1 aliphatic rings. The average molecular weight is 541 g/mol. The Hall–Kier alpha value is -4.14. The zero-order valence-electron chi connectivity index (χ0n) is 23.0. The highest BCUT2D eigenvalue weighted by Crippen LogP contribution is 2.45. The quantitative estimate of drug-likeness (QED) is 0.163. The van der Waals surface area contributed by atoms with Crippen molar-refractivity contribution < 1.29 is 20.4 Å². The molecule has 8 heteroatoms. The van der Waals surface area contributed by atoms with E-state index in [2.05, 4.69) is 19.8 Å². The fourth-order valence-corrected chi connectivity index (χ4v) is 5.38. The number of aliphatic imine (C=N–C) groups is 2. The number of phenolic OH excluding ortho intramolecular Hbond substituents is 4. The first-order valence-corrected chi connectivity index (χ1v) is 13.7. The molecule has 0 unspecified atom stereocenters. The minimum absolute atomic E-state index is 0.0992. The van der Waals surface area contributed by atoms with E-state index in [1.54, 1.807) is 38.1 Å². The van der Waals surface area contributed by atoms with Gasteiger partial charge in [-0.1, -0.05) is 48.5 Å². The number of piperazine rings is 1. The van der Waals surface area contributed by atoms with Crippen molar-refractivity contribution in [2.45, 2.75) is 26.7 Å². The van der Waals surface area contributed by atoms with Gasteiger partial charge in [0.1, 0.15) is 34.4 Å². The Bertz CT molecular complexity index is 1470. The van der Waals surface area contributed by atoms with Gasteiger partial charge in [0.15, 0.2) is 0 Å². The van der Waals surface area contributed by atoms with Crippen LogP contribution in [-0.4, -0.2) is 81.9 Å². The lowest BCUT2D eigenvalue weighted by molar-refractivity contribution is 0.138. The van der Waals surface area contributed by atoms with Crippen LogP contribution in [0.15, 0.2) is 58.5 Å². The second-order valence-corrected chi connectivity index (χ2v) is 10.3. The van der Waals surface area contributed by atoms with Gasteiger partial charge >= 0.3 is 0 Å². The van der Waals surface area contributed by atoms with Crippen LogP contribution in [0.5, 0.6) is 23.0 Å². The second-order valence-electron chi connectivity index (χ2n) is 10.3. The third-order valence-corrected chi connectivity index (χ3v) is 7.80. The molecule has 4 aromatic carbocycles. The molecule has 0 saturated carbocycles. The monoisotopic (exact) mass is 540 g/mol. The maximum absolute atomic E-state index is 10.7. The first-order chi connectivity index (χ1) is 19.4. The number of hydrogen-bond donors (Lipinski definition) is 4. The Balaban J connectivity index is 1.09. The van der Waals surface area contributed by atoms with Crippen molar-refractivity contribution in [2.75, 3.05) is 39.3 Å². The third-order valence-electron chi connectivity index (χ3n) is 7.80. The van der Waals surface area contributed by atoms with Gasteiger partial charge in [0.2, 0.25) is 0 Å². The Kier molecular flexibility index (Phi) is 8.19. The van der Waals surface area contributed by atoms with E-state index < -0.39 is 0 Å². The van der Waals surface area contributed by atoms with E-state index >= 15 is 0 Å². The normalized spacial score (nSPS) is 15.2. The molecule has 0 amide bonds. The number of benzene rings is 4. The molecule has 1 fully saturated rings. The van der Waals surface area contributed by atoms with Crippen molar-refractivity contribution in [1.29, 1.82) is 0 Å². The largest absolute Gasteiger partial charge is 0.507 e. The van der Waals surface area contributed by atoms with E-state index in [0.717, 1.165) is 52.1 Å². The van der Waals surface area contributed by atoms with Crippen LogP contribution in [0.4, 0.5) is 11.4 Å². The van der Waals surface area contributed by atoms with Gasteiger partial charge in [-0.15, -0.1) is 0 Å². The van der Waals surface area contributed by atoms with E-state index in [9.17, 15) is 20.4 Å². The number of aromatic hydroxyl groups is 4. The molecule has 0 atom stereocenters. The van der Waals surface area contributed by atoms with Gasteiger partial charge in [-0.2, -0.15) is 0 Å². The van der Waals surface area contributed by atoms with Crippen LogP contribution in [0.25, 0.3) is 21.5 Å². The molecule has 0 spiro atoms. The van der Waals surface area contributed by atoms with Crippen molar-refractivity contribution in [3.63, 3.8) is 0 Å². The molecule has 1 heterocycles. The zero-order chi connectivity index (χ0) is 28.2. The van der Waals surface area contributed by atoms with Crippen LogP contribution in [0, 0.1) is 13.8 Å². The minimum Gasteiger partial charge on any atom is -0.507 e. The van der Waals surface area contributed by atoms with Crippen molar-refractivity contribution in [2.24, 2.45) is 9.98 Å². The van der Waals surface area contributed by atoms with E-state index in [1.165, 1.54) is 0 Å². The standard InChI is InChI=1S/C32H36N4O4/c1-21-27(31(39)25-11-5-3-9-23(25)29(21)37)33-13-7-15-35-17-19-36(20-18-35)16-8-14-34-28-22(2)30(38)24-10-4-6-12-26(24)32(28)40/h3-6,9-14,37-40H,7-8,15-20H2,1-2H3. The summed E-state index contributed by atoms with van der Waals surface area (Å²) < 4.78 is 0. The Morgan fingerprint density at radius 3 is 1.25 bits per heavy atom. The van der Waals surface area contributed by atoms with Gasteiger partial charge in [-0.05, 0) is 26.7 Å². The van der Waals surface area contributed by atoms with Crippen LogP contribution in [0.3, 0.4) is 0 Å². The average Bonchev–Trinajstić information content (AvgIpc) is 2.98. The van der Waals surface area contributed by atoms with E-state index in [-0.39, 0.29) is 23.0 Å². The molecule has 1 aliphatic heterocycles. The molecule has 4 aromatic rings. The number of phenols is 4. The summed E-state index contributed by atoms with van der Waals surface area (Å²) in [4.78, 5) is 13.8. The highest BCUT2D eigenvalue weighted by atomic mass is 16.3. The van der Waals surface area contributed by atoms with Crippen molar-refractivity contribution in [1.82, 2.24) is 9.80 Å². The number of rotatable bonds is 8. The molecule has 0 aliphatic carbocycles. The molecule has 5 rings (SSSR count). The first kappa shape index (κ1) is 27.4. The highest BCUT2D eigenvalue weighted by molar-refractivity contribution is 6.00. The van der Waals surface area contributed by atoms with Gasteiger partial charge in [-0.3, -0.25) is 9.98 Å². The molecular weight excluding hydrogens is 504 g/mol. The first-order valence-electron chi connectivity index (χ1n) is 13.7. The van der Waals surface area contributed by atoms with Crippen LogP contribution in [0.2, 0.25) is 0 Å². The Labute approximate surface area is 234 Å². The summed E-state index contributed by atoms with van der Waals surface area (Å²) in [6.45, 7) is 9.15. The summed E-state index contributed by atoms with van der Waals surface area (Å²) >= 11 is 0. The molecule has 1 saturated heterocycles. The third kappa shape index (κ3) is 5.46. The molecular formula is C32H36N4O4. The van der Waals surface area contributed by atoms with Crippen molar-refractivity contribution in [3.8, 4) is 23.0 Å². The summed E-state index contributed by atoms with van der Waals surface area (Å²) in [5.74, 6) is 0.511.